The Morgan fingerprint density at radius 2 is 1.92 bits per heavy atom. The third-order valence-electron chi connectivity index (χ3n) is 1.22. The fraction of sp³-hybridized carbons (Fsp3) is 0.111. The molecule has 1 rings (SSSR count). The van der Waals surface area contributed by atoms with Gasteiger partial charge >= 0.3 is 0 Å². The zero-order valence-corrected chi connectivity index (χ0v) is 7.74. The van der Waals surface area contributed by atoms with E-state index in [2.05, 4.69) is 11.9 Å². The fourth-order valence-corrected chi connectivity index (χ4v) is 0.856. The van der Waals surface area contributed by atoms with Crippen molar-refractivity contribution in [3.63, 3.8) is 0 Å². The van der Waals surface area contributed by atoms with Gasteiger partial charge in [-0.3, -0.25) is 4.79 Å². The van der Waals surface area contributed by atoms with Crippen LogP contribution in [0.5, 0.6) is 0 Å². The lowest BCUT2D eigenvalue weighted by Crippen LogP contribution is -1.98. The summed E-state index contributed by atoms with van der Waals surface area (Å²) in [6.07, 6.45) is 0. The molecule has 0 fully saturated rings. The van der Waals surface area contributed by atoms with Crippen molar-refractivity contribution in [2.75, 3.05) is 5.88 Å². The minimum Gasteiger partial charge on any atom is -0.411 e. The van der Waals surface area contributed by atoms with Crippen LogP contribution in [0, 0.1) is 0 Å². The van der Waals surface area contributed by atoms with Crippen molar-refractivity contribution in [1.29, 1.82) is 0 Å². The average molecular weight is 200 g/mol. The summed E-state index contributed by atoms with van der Waals surface area (Å²) in [7, 11) is 0. The molecule has 0 amide bonds. The number of carbonyl (C=O) groups is 1. The van der Waals surface area contributed by atoms with E-state index in [1.165, 1.54) is 0 Å². The minimum atomic E-state index is -0.0257. The predicted octanol–water partition coefficient (Wildman–Crippen LogP) is 2.18. The van der Waals surface area contributed by atoms with Gasteiger partial charge < -0.3 is 5.21 Å². The van der Waals surface area contributed by atoms with E-state index in [-0.39, 0.29) is 11.7 Å². The first kappa shape index (κ1) is 11.6. The number of nitrogens with zero attached hydrogens (tertiary/aromatic N) is 1. The molecular weight excluding hydrogens is 190 g/mol. The number of alkyl halides is 1. The Balaban J connectivity index is 0.000000424. The average Bonchev–Trinajstić information content (AvgIpc) is 2.19. The summed E-state index contributed by atoms with van der Waals surface area (Å²) >= 11 is 5.34. The molecule has 0 atom stereocenters. The van der Waals surface area contributed by atoms with Crippen molar-refractivity contribution in [2.45, 2.75) is 0 Å². The Morgan fingerprint density at radius 1 is 1.46 bits per heavy atom. The molecule has 0 saturated heterocycles. The highest BCUT2D eigenvalue weighted by Gasteiger charge is 1.99. The van der Waals surface area contributed by atoms with Crippen molar-refractivity contribution >= 4 is 24.1 Å². The lowest BCUT2D eigenvalue weighted by molar-refractivity contribution is 0.102. The lowest BCUT2D eigenvalue weighted by atomic mass is 10.2. The molecule has 0 spiro atoms. The number of hydrogen-bond acceptors (Lipinski definition) is 3. The number of Topliss-reactive ketones (excluding diaryl/α,β-unsaturated/α-hetero) is 1. The number of rotatable bonds is 2. The summed E-state index contributed by atoms with van der Waals surface area (Å²) in [6, 6.07) is 9.01. The van der Waals surface area contributed by atoms with Gasteiger partial charge in [-0.05, 0) is 0 Å². The molecule has 0 unspecified atom stereocenters. The number of carbonyl (C=O) groups excluding carboxylic acids is 1. The normalized spacial score (nSPS) is 8.08. The summed E-state index contributed by atoms with van der Waals surface area (Å²) in [5.41, 5.74) is 0.678. The Hall–Kier alpha value is -1.35. The van der Waals surface area contributed by atoms with Gasteiger partial charge in [0.15, 0.2) is 5.78 Å². The predicted molar refractivity (Wildman–Crippen MR) is 52.8 cm³/mol. The number of ketones is 1. The van der Waals surface area contributed by atoms with Crippen molar-refractivity contribution in [3.05, 3.63) is 35.9 Å². The van der Waals surface area contributed by atoms with Crippen LogP contribution in [0.2, 0.25) is 0 Å². The molecule has 0 saturated carbocycles. The molecule has 0 aromatic heterocycles. The van der Waals surface area contributed by atoms with Crippen LogP contribution in [0.1, 0.15) is 10.4 Å². The maximum atomic E-state index is 10.9. The van der Waals surface area contributed by atoms with Crippen LogP contribution in [0.3, 0.4) is 0 Å². The molecule has 1 aromatic rings. The quantitative estimate of drug-likeness (QED) is 0.261. The highest BCUT2D eigenvalue weighted by molar-refractivity contribution is 6.30. The van der Waals surface area contributed by atoms with E-state index in [4.69, 9.17) is 16.8 Å². The Bertz CT molecular complexity index is 262. The third kappa shape index (κ3) is 4.98. The van der Waals surface area contributed by atoms with E-state index in [1.54, 1.807) is 12.1 Å². The summed E-state index contributed by atoms with van der Waals surface area (Å²) in [5.74, 6) is 0.0339. The van der Waals surface area contributed by atoms with Gasteiger partial charge in [0.05, 0.1) is 5.88 Å². The number of halogens is 1. The van der Waals surface area contributed by atoms with E-state index in [0.717, 1.165) is 0 Å². The maximum absolute atomic E-state index is 10.9. The van der Waals surface area contributed by atoms with Crippen molar-refractivity contribution in [2.24, 2.45) is 5.16 Å². The van der Waals surface area contributed by atoms with Crippen LogP contribution >= 0.6 is 11.6 Å². The van der Waals surface area contributed by atoms with Crippen LogP contribution in [0.25, 0.3) is 0 Å². The number of hydrogen-bond donors (Lipinski definition) is 1. The van der Waals surface area contributed by atoms with Gasteiger partial charge in [-0.1, -0.05) is 30.3 Å². The first-order valence-electron chi connectivity index (χ1n) is 3.50. The molecule has 0 aliphatic heterocycles. The largest absolute Gasteiger partial charge is 0.411 e. The summed E-state index contributed by atoms with van der Waals surface area (Å²) in [5, 5.41) is 9.33. The Labute approximate surface area is 81.6 Å². The van der Waals surface area contributed by atoms with Gasteiger partial charge in [0, 0.05) is 12.3 Å². The van der Waals surface area contributed by atoms with E-state index in [0.29, 0.717) is 5.56 Å². The molecule has 3 nitrogen and oxygen atoms in total. The van der Waals surface area contributed by atoms with Gasteiger partial charge in [-0.15, -0.1) is 16.8 Å². The van der Waals surface area contributed by atoms with Crippen molar-refractivity contribution in [1.82, 2.24) is 0 Å². The molecule has 13 heavy (non-hydrogen) atoms. The van der Waals surface area contributed by atoms with Crippen LogP contribution in [-0.4, -0.2) is 23.6 Å². The zero-order chi connectivity index (χ0) is 10.1. The van der Waals surface area contributed by atoms with Gasteiger partial charge in [-0.2, -0.15) is 0 Å². The Morgan fingerprint density at radius 3 is 2.31 bits per heavy atom. The monoisotopic (exact) mass is 199 g/mol. The van der Waals surface area contributed by atoms with E-state index < -0.39 is 0 Å². The second kappa shape index (κ2) is 7.31. The highest BCUT2D eigenvalue weighted by atomic mass is 35.5. The third-order valence-corrected chi connectivity index (χ3v) is 1.46. The van der Waals surface area contributed by atoms with Crippen LogP contribution in [0.15, 0.2) is 35.5 Å². The van der Waals surface area contributed by atoms with Gasteiger partial charge in [-0.25, -0.2) is 0 Å². The second-order valence-electron chi connectivity index (χ2n) is 2.06. The van der Waals surface area contributed by atoms with E-state index in [9.17, 15) is 4.79 Å². The number of oxime groups is 1. The molecule has 0 heterocycles. The van der Waals surface area contributed by atoms with Gasteiger partial charge in [0.25, 0.3) is 0 Å². The second-order valence-corrected chi connectivity index (χ2v) is 2.33. The topological polar surface area (TPSA) is 49.7 Å². The number of benzene rings is 1. The van der Waals surface area contributed by atoms with E-state index in [1.807, 2.05) is 18.2 Å². The molecule has 0 bridgehead atoms. The summed E-state index contributed by atoms with van der Waals surface area (Å²) in [4.78, 5) is 10.9. The van der Waals surface area contributed by atoms with Gasteiger partial charge in [0.2, 0.25) is 0 Å². The Kier molecular flexibility index (Phi) is 6.55. The maximum Gasteiger partial charge on any atom is 0.177 e. The SMILES string of the molecule is C=NO.O=C(CCl)c1ccccc1. The molecule has 1 N–H and O–H groups in total. The fourth-order valence-electron chi connectivity index (χ4n) is 0.701. The standard InChI is InChI=1S/C8H7ClO.CH3NO/c9-6-8(10)7-4-2-1-3-5-7;1-2-3/h1-5H,6H2;3H,1H2. The summed E-state index contributed by atoms with van der Waals surface area (Å²) in [6.45, 7) is 2.67. The molecule has 70 valence electrons. The van der Waals surface area contributed by atoms with Crippen LogP contribution in [0.4, 0.5) is 0 Å². The molecular formula is C9H10ClNO2. The molecule has 4 heteroatoms. The molecule has 1 aromatic carbocycles. The van der Waals surface area contributed by atoms with E-state index >= 15 is 0 Å². The van der Waals surface area contributed by atoms with Crippen molar-refractivity contribution < 1.29 is 10.0 Å². The first-order valence-corrected chi connectivity index (χ1v) is 4.04. The highest BCUT2D eigenvalue weighted by Crippen LogP contribution is 2.00. The molecule has 0 radical (unpaired) electrons. The van der Waals surface area contributed by atoms with Gasteiger partial charge in [0.1, 0.15) is 0 Å². The summed E-state index contributed by atoms with van der Waals surface area (Å²) < 4.78 is 0. The smallest absolute Gasteiger partial charge is 0.177 e. The minimum absolute atomic E-state index is 0.0257. The van der Waals surface area contributed by atoms with Crippen LogP contribution < -0.4 is 0 Å². The van der Waals surface area contributed by atoms with Crippen molar-refractivity contribution in [3.8, 4) is 0 Å². The molecule has 0 aliphatic rings. The van der Waals surface area contributed by atoms with Crippen LogP contribution in [-0.2, 0) is 0 Å². The zero-order valence-electron chi connectivity index (χ0n) is 6.98. The first-order chi connectivity index (χ1) is 6.26. The lowest BCUT2D eigenvalue weighted by Gasteiger charge is -1.92. The molecule has 0 aliphatic carbocycles.